The van der Waals surface area contributed by atoms with Crippen molar-refractivity contribution in [2.45, 2.75) is 71.3 Å². The molecule has 0 amide bonds. The summed E-state index contributed by atoms with van der Waals surface area (Å²) in [5.41, 5.74) is -0.733. The summed E-state index contributed by atoms with van der Waals surface area (Å²) >= 11 is 0. The van der Waals surface area contributed by atoms with Gasteiger partial charge in [-0.25, -0.2) is 0 Å². The van der Waals surface area contributed by atoms with Gasteiger partial charge in [0.25, 0.3) is 0 Å². The molecule has 0 bridgehead atoms. The molecule has 0 aromatic heterocycles. The molecule has 0 aliphatic carbocycles. The average molecular weight is 229 g/mol. The molecule has 0 saturated carbocycles. The minimum absolute atomic E-state index is 0.722. The first-order valence-electron chi connectivity index (χ1n) is 6.55. The molecule has 2 N–H and O–H groups in total. The lowest BCUT2D eigenvalue weighted by Gasteiger charge is -2.26. The summed E-state index contributed by atoms with van der Waals surface area (Å²) in [7, 11) is 0. The summed E-state index contributed by atoms with van der Waals surface area (Å²) in [5.74, 6) is -0.722. The van der Waals surface area contributed by atoms with Crippen LogP contribution in [0.4, 0.5) is 0 Å². The van der Waals surface area contributed by atoms with E-state index in [2.05, 4.69) is 19.2 Å². The molecule has 0 aromatic rings. The van der Waals surface area contributed by atoms with E-state index in [1.165, 1.54) is 12.8 Å². The van der Waals surface area contributed by atoms with Crippen molar-refractivity contribution in [2.24, 2.45) is 0 Å². The lowest BCUT2D eigenvalue weighted by molar-refractivity contribution is -0.144. The molecule has 0 aliphatic rings. The van der Waals surface area contributed by atoms with Crippen LogP contribution in [0.3, 0.4) is 0 Å². The van der Waals surface area contributed by atoms with Crippen LogP contribution in [0.25, 0.3) is 0 Å². The maximum absolute atomic E-state index is 11.2. The topological polar surface area (TPSA) is 49.3 Å². The second-order valence-electron chi connectivity index (χ2n) is 4.73. The Kier molecular flexibility index (Phi) is 8.26. The van der Waals surface area contributed by atoms with Crippen molar-refractivity contribution < 1.29 is 9.90 Å². The summed E-state index contributed by atoms with van der Waals surface area (Å²) < 4.78 is 0. The van der Waals surface area contributed by atoms with Gasteiger partial charge in [-0.2, -0.15) is 0 Å². The third kappa shape index (κ3) is 6.11. The Morgan fingerprint density at radius 1 is 1.12 bits per heavy atom. The summed E-state index contributed by atoms with van der Waals surface area (Å²) in [6.07, 6.45) is 7.38. The SMILES string of the molecule is CCCCCCC(C)(NCCCC)C(=O)O. The van der Waals surface area contributed by atoms with Crippen LogP contribution in [0.15, 0.2) is 0 Å². The van der Waals surface area contributed by atoms with Gasteiger partial charge in [0.1, 0.15) is 5.54 Å². The molecule has 1 unspecified atom stereocenters. The molecule has 1 atom stereocenters. The lowest BCUT2D eigenvalue weighted by Crippen LogP contribution is -2.49. The number of hydrogen-bond acceptors (Lipinski definition) is 2. The Bertz CT molecular complexity index is 194. The van der Waals surface area contributed by atoms with Gasteiger partial charge >= 0.3 is 5.97 Å². The van der Waals surface area contributed by atoms with Crippen LogP contribution < -0.4 is 5.32 Å². The van der Waals surface area contributed by atoms with E-state index in [1.807, 2.05) is 0 Å². The fourth-order valence-electron chi connectivity index (χ4n) is 1.72. The molecule has 0 fully saturated rings. The number of hydrogen-bond donors (Lipinski definition) is 2. The fourth-order valence-corrected chi connectivity index (χ4v) is 1.72. The lowest BCUT2D eigenvalue weighted by atomic mass is 9.94. The Balaban J connectivity index is 3.96. The number of carbonyl (C=O) groups is 1. The predicted molar refractivity (Wildman–Crippen MR) is 67.7 cm³/mol. The highest BCUT2D eigenvalue weighted by molar-refractivity contribution is 5.78. The molecule has 96 valence electrons. The van der Waals surface area contributed by atoms with Crippen molar-refractivity contribution in [3.05, 3.63) is 0 Å². The van der Waals surface area contributed by atoms with E-state index in [4.69, 9.17) is 0 Å². The first-order valence-corrected chi connectivity index (χ1v) is 6.55. The van der Waals surface area contributed by atoms with Crippen LogP contribution in [0.2, 0.25) is 0 Å². The normalized spacial score (nSPS) is 14.7. The Morgan fingerprint density at radius 3 is 2.25 bits per heavy atom. The maximum atomic E-state index is 11.2. The number of unbranched alkanes of at least 4 members (excludes halogenated alkanes) is 4. The van der Waals surface area contributed by atoms with Gasteiger partial charge in [-0.15, -0.1) is 0 Å². The average Bonchev–Trinajstić information content (AvgIpc) is 2.25. The van der Waals surface area contributed by atoms with Crippen molar-refractivity contribution in [1.29, 1.82) is 0 Å². The second kappa shape index (κ2) is 8.57. The highest BCUT2D eigenvalue weighted by Crippen LogP contribution is 2.16. The first-order chi connectivity index (χ1) is 7.56. The Labute approximate surface area is 99.6 Å². The monoisotopic (exact) mass is 229 g/mol. The molecule has 0 heterocycles. The first kappa shape index (κ1) is 15.4. The Hall–Kier alpha value is -0.570. The Morgan fingerprint density at radius 2 is 1.75 bits per heavy atom. The van der Waals surface area contributed by atoms with E-state index >= 15 is 0 Å². The van der Waals surface area contributed by atoms with Crippen molar-refractivity contribution in [1.82, 2.24) is 5.32 Å². The highest BCUT2D eigenvalue weighted by atomic mass is 16.4. The molecule has 16 heavy (non-hydrogen) atoms. The van der Waals surface area contributed by atoms with Crippen LogP contribution in [0.1, 0.15) is 65.7 Å². The minimum atomic E-state index is -0.733. The third-order valence-electron chi connectivity index (χ3n) is 3.05. The van der Waals surface area contributed by atoms with Gasteiger partial charge in [-0.3, -0.25) is 4.79 Å². The van der Waals surface area contributed by atoms with Gasteiger partial charge in [0.15, 0.2) is 0 Å². The molecular formula is C13H27NO2. The van der Waals surface area contributed by atoms with Crippen LogP contribution in [0, 0.1) is 0 Å². The number of carboxylic acid groups (broad SMARTS) is 1. The van der Waals surface area contributed by atoms with Gasteiger partial charge in [0.2, 0.25) is 0 Å². The minimum Gasteiger partial charge on any atom is -0.480 e. The van der Waals surface area contributed by atoms with Gasteiger partial charge < -0.3 is 10.4 Å². The molecule has 0 aromatic carbocycles. The van der Waals surface area contributed by atoms with E-state index in [1.54, 1.807) is 6.92 Å². The van der Waals surface area contributed by atoms with Gasteiger partial charge in [0.05, 0.1) is 0 Å². The predicted octanol–water partition coefficient (Wildman–Crippen LogP) is 3.19. The summed E-state index contributed by atoms with van der Waals surface area (Å²) in [4.78, 5) is 11.2. The number of nitrogens with one attached hydrogen (secondary N) is 1. The molecular weight excluding hydrogens is 202 g/mol. The number of aliphatic carboxylic acids is 1. The molecule has 3 heteroatoms. The summed E-state index contributed by atoms with van der Waals surface area (Å²) in [5, 5.41) is 12.4. The van der Waals surface area contributed by atoms with E-state index in [-0.39, 0.29) is 0 Å². The molecule has 0 rings (SSSR count). The fraction of sp³-hybridized carbons (Fsp3) is 0.923. The molecule has 0 saturated heterocycles. The quantitative estimate of drug-likeness (QED) is 0.566. The van der Waals surface area contributed by atoms with Crippen molar-refractivity contribution in [2.75, 3.05) is 6.54 Å². The van der Waals surface area contributed by atoms with Crippen molar-refractivity contribution in [3.63, 3.8) is 0 Å². The molecule has 0 aliphatic heterocycles. The van der Waals surface area contributed by atoms with Crippen LogP contribution in [0.5, 0.6) is 0 Å². The highest BCUT2D eigenvalue weighted by Gasteiger charge is 2.31. The maximum Gasteiger partial charge on any atom is 0.323 e. The zero-order chi connectivity index (χ0) is 12.4. The van der Waals surface area contributed by atoms with Gasteiger partial charge in [-0.1, -0.05) is 46.0 Å². The summed E-state index contributed by atoms with van der Waals surface area (Å²) in [6, 6.07) is 0. The van der Waals surface area contributed by atoms with E-state index < -0.39 is 11.5 Å². The smallest absolute Gasteiger partial charge is 0.323 e. The second-order valence-corrected chi connectivity index (χ2v) is 4.73. The van der Waals surface area contributed by atoms with Crippen molar-refractivity contribution >= 4 is 5.97 Å². The molecule has 0 spiro atoms. The zero-order valence-electron chi connectivity index (χ0n) is 11.0. The van der Waals surface area contributed by atoms with Gasteiger partial charge in [-0.05, 0) is 26.3 Å². The largest absolute Gasteiger partial charge is 0.480 e. The third-order valence-corrected chi connectivity index (χ3v) is 3.05. The van der Waals surface area contributed by atoms with Crippen molar-refractivity contribution in [3.8, 4) is 0 Å². The van der Waals surface area contributed by atoms with E-state index in [9.17, 15) is 9.90 Å². The zero-order valence-corrected chi connectivity index (χ0v) is 11.0. The summed E-state index contributed by atoms with van der Waals surface area (Å²) in [6.45, 7) is 6.88. The van der Waals surface area contributed by atoms with Crippen LogP contribution in [-0.4, -0.2) is 23.2 Å². The standard InChI is InChI=1S/C13H27NO2/c1-4-6-8-9-10-13(3,12(15)16)14-11-7-5-2/h14H,4-11H2,1-3H3,(H,15,16). The van der Waals surface area contributed by atoms with Crippen LogP contribution >= 0.6 is 0 Å². The number of carboxylic acids is 1. The van der Waals surface area contributed by atoms with Gasteiger partial charge in [0, 0.05) is 0 Å². The van der Waals surface area contributed by atoms with E-state index in [0.717, 1.165) is 38.6 Å². The van der Waals surface area contributed by atoms with E-state index in [0.29, 0.717) is 0 Å². The number of rotatable bonds is 10. The van der Waals surface area contributed by atoms with Crippen LogP contribution in [-0.2, 0) is 4.79 Å². The molecule has 0 radical (unpaired) electrons. The molecule has 3 nitrogen and oxygen atoms in total.